The van der Waals surface area contributed by atoms with E-state index < -0.39 is 10.0 Å². The SMILES string of the molecule is CC(NS(=O)(=O)Cc1ccccc1N)C1CCCO1. The molecule has 0 spiro atoms. The van der Waals surface area contributed by atoms with Crippen LogP contribution in [-0.2, 0) is 20.5 Å². The molecule has 0 aliphatic carbocycles. The highest BCUT2D eigenvalue weighted by molar-refractivity contribution is 7.88. The molecule has 0 radical (unpaired) electrons. The first-order chi connectivity index (χ1) is 8.98. The van der Waals surface area contributed by atoms with Crippen LogP contribution >= 0.6 is 0 Å². The van der Waals surface area contributed by atoms with Gasteiger partial charge in [-0.3, -0.25) is 0 Å². The number of anilines is 1. The number of para-hydroxylation sites is 1. The number of nitrogens with two attached hydrogens (primary N) is 1. The van der Waals surface area contributed by atoms with Crippen LogP contribution in [0.4, 0.5) is 5.69 Å². The molecule has 19 heavy (non-hydrogen) atoms. The molecule has 1 saturated heterocycles. The number of nitrogen functional groups attached to an aromatic ring is 1. The first-order valence-corrected chi connectivity index (χ1v) is 8.08. The lowest BCUT2D eigenvalue weighted by atomic mass is 10.1. The Hall–Kier alpha value is -1.11. The first kappa shape index (κ1) is 14.3. The van der Waals surface area contributed by atoms with Crippen molar-refractivity contribution in [1.29, 1.82) is 0 Å². The number of rotatable bonds is 5. The van der Waals surface area contributed by atoms with Gasteiger partial charge in [0.15, 0.2) is 0 Å². The predicted molar refractivity (Wildman–Crippen MR) is 75.0 cm³/mol. The molecule has 1 aliphatic heterocycles. The number of hydrogen-bond acceptors (Lipinski definition) is 4. The lowest BCUT2D eigenvalue weighted by Crippen LogP contribution is -2.41. The Morgan fingerprint density at radius 1 is 1.47 bits per heavy atom. The second-order valence-electron chi connectivity index (χ2n) is 4.92. The lowest BCUT2D eigenvalue weighted by molar-refractivity contribution is 0.0902. The Balaban J connectivity index is 2.00. The molecule has 1 aromatic rings. The Morgan fingerprint density at radius 3 is 2.84 bits per heavy atom. The summed E-state index contributed by atoms with van der Waals surface area (Å²) < 4.78 is 32.3. The van der Waals surface area contributed by atoms with E-state index in [-0.39, 0.29) is 17.9 Å². The second kappa shape index (κ2) is 5.90. The van der Waals surface area contributed by atoms with Crippen LogP contribution < -0.4 is 10.5 Å². The fraction of sp³-hybridized carbons (Fsp3) is 0.538. The quantitative estimate of drug-likeness (QED) is 0.797. The molecule has 1 heterocycles. The van der Waals surface area contributed by atoms with Gasteiger partial charge >= 0.3 is 0 Å². The molecular formula is C13H20N2O3S. The smallest absolute Gasteiger partial charge is 0.216 e. The molecular weight excluding hydrogens is 264 g/mol. The van der Waals surface area contributed by atoms with Crippen molar-refractivity contribution in [2.45, 2.75) is 37.7 Å². The van der Waals surface area contributed by atoms with Crippen LogP contribution in [0.25, 0.3) is 0 Å². The van der Waals surface area contributed by atoms with E-state index in [4.69, 9.17) is 10.5 Å². The van der Waals surface area contributed by atoms with E-state index in [1.165, 1.54) is 0 Å². The third-order valence-corrected chi connectivity index (χ3v) is 4.71. The molecule has 0 bridgehead atoms. The fourth-order valence-corrected chi connectivity index (χ4v) is 3.74. The lowest BCUT2D eigenvalue weighted by Gasteiger charge is -2.20. The van der Waals surface area contributed by atoms with Gasteiger partial charge in [0.05, 0.1) is 11.9 Å². The van der Waals surface area contributed by atoms with Crippen LogP contribution in [0.3, 0.4) is 0 Å². The number of hydrogen-bond donors (Lipinski definition) is 2. The molecule has 1 aromatic carbocycles. The summed E-state index contributed by atoms with van der Waals surface area (Å²) in [7, 11) is -3.40. The van der Waals surface area contributed by atoms with Crippen molar-refractivity contribution in [2.24, 2.45) is 0 Å². The van der Waals surface area contributed by atoms with Gasteiger partial charge in [0.25, 0.3) is 0 Å². The topological polar surface area (TPSA) is 81.4 Å². The Morgan fingerprint density at radius 2 is 2.21 bits per heavy atom. The molecule has 0 amide bonds. The summed E-state index contributed by atoms with van der Waals surface area (Å²) in [6.45, 7) is 2.55. The van der Waals surface area contributed by atoms with Gasteiger partial charge in [0.2, 0.25) is 10.0 Å². The summed E-state index contributed by atoms with van der Waals surface area (Å²) in [6.07, 6.45) is 1.86. The van der Waals surface area contributed by atoms with Crippen molar-refractivity contribution in [3.63, 3.8) is 0 Å². The normalized spacial score (nSPS) is 21.4. The largest absolute Gasteiger partial charge is 0.398 e. The van der Waals surface area contributed by atoms with Gasteiger partial charge in [-0.25, -0.2) is 13.1 Å². The van der Waals surface area contributed by atoms with E-state index in [0.29, 0.717) is 17.9 Å². The van der Waals surface area contributed by atoms with E-state index in [1.54, 1.807) is 24.3 Å². The van der Waals surface area contributed by atoms with Gasteiger partial charge in [-0.2, -0.15) is 0 Å². The third-order valence-electron chi connectivity index (χ3n) is 3.29. The van der Waals surface area contributed by atoms with Gasteiger partial charge in [-0.15, -0.1) is 0 Å². The Kier molecular flexibility index (Phi) is 4.44. The highest BCUT2D eigenvalue weighted by atomic mass is 32.2. The molecule has 5 nitrogen and oxygen atoms in total. The molecule has 106 valence electrons. The van der Waals surface area contributed by atoms with Crippen molar-refractivity contribution >= 4 is 15.7 Å². The third kappa shape index (κ3) is 3.92. The monoisotopic (exact) mass is 284 g/mol. The van der Waals surface area contributed by atoms with Gasteiger partial charge < -0.3 is 10.5 Å². The molecule has 0 aromatic heterocycles. The highest BCUT2D eigenvalue weighted by Gasteiger charge is 2.26. The average Bonchev–Trinajstić information content (AvgIpc) is 2.85. The van der Waals surface area contributed by atoms with Crippen LogP contribution in [0.15, 0.2) is 24.3 Å². The zero-order valence-corrected chi connectivity index (χ0v) is 11.8. The maximum atomic E-state index is 12.1. The van der Waals surface area contributed by atoms with E-state index in [1.807, 2.05) is 6.92 Å². The Labute approximate surface area is 114 Å². The standard InChI is InChI=1S/C13H20N2O3S/c1-10(13-7-4-8-18-13)15-19(16,17)9-11-5-2-3-6-12(11)14/h2-3,5-6,10,13,15H,4,7-9,14H2,1H3. The molecule has 2 atom stereocenters. The summed E-state index contributed by atoms with van der Waals surface area (Å²) in [5.74, 6) is -0.100. The van der Waals surface area contributed by atoms with E-state index in [2.05, 4.69) is 4.72 Å². The van der Waals surface area contributed by atoms with Crippen LogP contribution in [0.5, 0.6) is 0 Å². The number of nitrogens with one attached hydrogen (secondary N) is 1. The number of ether oxygens (including phenoxy) is 1. The maximum absolute atomic E-state index is 12.1. The summed E-state index contributed by atoms with van der Waals surface area (Å²) in [5.41, 5.74) is 6.88. The molecule has 2 unspecified atom stereocenters. The predicted octanol–water partition coefficient (Wildman–Crippen LogP) is 1.26. The van der Waals surface area contributed by atoms with Crippen LogP contribution in [-0.4, -0.2) is 27.2 Å². The van der Waals surface area contributed by atoms with Crippen molar-refractivity contribution in [3.05, 3.63) is 29.8 Å². The minimum Gasteiger partial charge on any atom is -0.398 e. The van der Waals surface area contributed by atoms with Crippen LogP contribution in [0.2, 0.25) is 0 Å². The fourth-order valence-electron chi connectivity index (χ4n) is 2.27. The molecule has 2 rings (SSSR count). The zero-order chi connectivity index (χ0) is 13.9. The van der Waals surface area contributed by atoms with Gasteiger partial charge in [-0.05, 0) is 31.4 Å². The van der Waals surface area contributed by atoms with Gasteiger partial charge in [0.1, 0.15) is 0 Å². The number of benzene rings is 1. The minimum atomic E-state index is -3.40. The van der Waals surface area contributed by atoms with E-state index >= 15 is 0 Å². The molecule has 3 N–H and O–H groups in total. The van der Waals surface area contributed by atoms with Crippen molar-refractivity contribution in [2.75, 3.05) is 12.3 Å². The summed E-state index contributed by atoms with van der Waals surface area (Å²) in [6, 6.07) is 6.79. The summed E-state index contributed by atoms with van der Waals surface area (Å²) in [4.78, 5) is 0. The van der Waals surface area contributed by atoms with Gasteiger partial charge in [-0.1, -0.05) is 18.2 Å². The Bertz CT molecular complexity index is 524. The average molecular weight is 284 g/mol. The first-order valence-electron chi connectivity index (χ1n) is 6.43. The summed E-state index contributed by atoms with van der Waals surface area (Å²) in [5, 5.41) is 0. The minimum absolute atomic E-state index is 0.0251. The molecule has 1 aliphatic rings. The van der Waals surface area contributed by atoms with Crippen molar-refractivity contribution in [1.82, 2.24) is 4.72 Å². The van der Waals surface area contributed by atoms with Gasteiger partial charge in [0, 0.05) is 18.3 Å². The molecule has 0 saturated carbocycles. The molecule has 6 heteroatoms. The van der Waals surface area contributed by atoms with E-state index in [0.717, 1.165) is 12.8 Å². The molecule has 1 fully saturated rings. The highest BCUT2D eigenvalue weighted by Crippen LogP contribution is 2.18. The van der Waals surface area contributed by atoms with E-state index in [9.17, 15) is 8.42 Å². The van der Waals surface area contributed by atoms with Crippen molar-refractivity contribution in [3.8, 4) is 0 Å². The number of sulfonamides is 1. The summed E-state index contributed by atoms with van der Waals surface area (Å²) >= 11 is 0. The second-order valence-corrected chi connectivity index (χ2v) is 6.67. The van der Waals surface area contributed by atoms with Crippen LogP contribution in [0.1, 0.15) is 25.3 Å². The zero-order valence-electron chi connectivity index (χ0n) is 11.0. The van der Waals surface area contributed by atoms with Crippen LogP contribution in [0, 0.1) is 0 Å². The maximum Gasteiger partial charge on any atom is 0.216 e. The van der Waals surface area contributed by atoms with Crippen molar-refractivity contribution < 1.29 is 13.2 Å².